The molecule has 0 aliphatic rings. The van der Waals surface area contributed by atoms with Crippen molar-refractivity contribution in [2.75, 3.05) is 32.1 Å². The van der Waals surface area contributed by atoms with Gasteiger partial charge in [0.05, 0.1) is 0 Å². The number of ether oxygens (including phenoxy) is 2. The number of rotatable bonds is 23. The molecule has 0 radical (unpaired) electrons. The highest BCUT2D eigenvalue weighted by molar-refractivity contribution is 5.88. The summed E-state index contributed by atoms with van der Waals surface area (Å²) in [7, 11) is 1.52. The first kappa shape index (κ1) is 33.7. The number of hydrogen-bond donors (Lipinski definition) is 3. The summed E-state index contributed by atoms with van der Waals surface area (Å²) in [5.74, 6) is 0.503. The Morgan fingerprint density at radius 3 is 1.92 bits per heavy atom. The monoisotopic (exact) mass is 534 g/mol. The van der Waals surface area contributed by atoms with E-state index in [2.05, 4.69) is 27.9 Å². The van der Waals surface area contributed by atoms with Gasteiger partial charge in [-0.05, 0) is 25.0 Å². The van der Waals surface area contributed by atoms with Gasteiger partial charge < -0.3 is 20.1 Å². The minimum Gasteiger partial charge on any atom is -0.447 e. The predicted octanol–water partition coefficient (Wildman–Crippen LogP) is 7.51. The molecule has 0 spiro atoms. The first-order valence-corrected chi connectivity index (χ1v) is 15.0. The number of nitrogens with zero attached hydrogens (tertiary/aromatic N) is 1. The van der Waals surface area contributed by atoms with Crippen LogP contribution in [0.1, 0.15) is 115 Å². The third-order valence-corrected chi connectivity index (χ3v) is 6.76. The van der Waals surface area contributed by atoms with Crippen LogP contribution in [0.4, 0.5) is 15.4 Å². The molecule has 0 saturated carbocycles. The molecule has 0 bridgehead atoms. The summed E-state index contributed by atoms with van der Waals surface area (Å²) < 4.78 is 10.5. The molecule has 218 valence electrons. The third-order valence-electron chi connectivity index (χ3n) is 6.76. The Balaban J connectivity index is 1.91. The molecule has 1 rings (SSSR count). The number of nitrogens with one attached hydrogen (secondary N) is 3. The lowest BCUT2D eigenvalue weighted by atomic mass is 10.0. The van der Waals surface area contributed by atoms with E-state index < -0.39 is 12.2 Å². The summed E-state index contributed by atoms with van der Waals surface area (Å²) in [6.07, 6.45) is 21.9. The van der Waals surface area contributed by atoms with Crippen LogP contribution in [-0.2, 0) is 9.47 Å². The van der Waals surface area contributed by atoms with Crippen LogP contribution >= 0.6 is 0 Å². The van der Waals surface area contributed by atoms with Crippen LogP contribution in [-0.4, -0.2) is 50.0 Å². The Bertz CT molecular complexity index is 732. The van der Waals surface area contributed by atoms with E-state index in [1.807, 2.05) is 19.1 Å². The zero-order valence-electron chi connectivity index (χ0n) is 24.3. The molecule has 8 nitrogen and oxygen atoms in total. The molecule has 1 unspecified atom stereocenters. The Hall–Kier alpha value is -2.35. The van der Waals surface area contributed by atoms with Crippen molar-refractivity contribution in [1.82, 2.24) is 15.6 Å². The van der Waals surface area contributed by atoms with Crippen molar-refractivity contribution in [2.24, 2.45) is 0 Å². The number of aromatic nitrogens is 1. The van der Waals surface area contributed by atoms with Gasteiger partial charge in [-0.15, -0.1) is 0 Å². The maximum Gasteiger partial charge on any atom is 0.407 e. The van der Waals surface area contributed by atoms with E-state index in [0.717, 1.165) is 18.4 Å². The number of unbranched alkanes of at least 4 members (excludes halogenated alkanes) is 15. The topological polar surface area (TPSA) is 102 Å². The molecular formula is C30H54N4O4. The number of anilines is 1. The molecule has 0 aliphatic heterocycles. The highest BCUT2D eigenvalue weighted by Gasteiger charge is 2.13. The second-order valence-corrected chi connectivity index (χ2v) is 10.2. The second-order valence-electron chi connectivity index (χ2n) is 10.2. The number of aryl methyl sites for hydroxylation is 1. The Kier molecular flexibility index (Phi) is 21.0. The average molecular weight is 535 g/mol. The Labute approximate surface area is 231 Å². The Morgan fingerprint density at radius 2 is 1.39 bits per heavy atom. The van der Waals surface area contributed by atoms with E-state index in [1.165, 1.54) is 97.0 Å². The minimum atomic E-state index is -0.457. The summed E-state index contributed by atoms with van der Waals surface area (Å²) in [4.78, 5) is 28.1. The van der Waals surface area contributed by atoms with Crippen LogP contribution < -0.4 is 16.0 Å². The van der Waals surface area contributed by atoms with Gasteiger partial charge >= 0.3 is 12.1 Å². The molecule has 8 heteroatoms. The molecule has 38 heavy (non-hydrogen) atoms. The lowest BCUT2D eigenvalue weighted by Gasteiger charge is -2.17. The maximum atomic E-state index is 12.1. The van der Waals surface area contributed by atoms with Crippen molar-refractivity contribution in [3.63, 3.8) is 0 Å². The van der Waals surface area contributed by atoms with Gasteiger partial charge in [0.15, 0.2) is 0 Å². The van der Waals surface area contributed by atoms with Crippen molar-refractivity contribution in [3.8, 4) is 0 Å². The molecule has 1 aromatic rings. The number of urea groups is 1. The van der Waals surface area contributed by atoms with Crippen LogP contribution in [0.2, 0.25) is 0 Å². The van der Waals surface area contributed by atoms with Gasteiger partial charge in [-0.1, -0.05) is 109 Å². The minimum absolute atomic E-state index is 0.0597. The van der Waals surface area contributed by atoms with E-state index >= 15 is 0 Å². The predicted molar refractivity (Wildman–Crippen MR) is 156 cm³/mol. The normalized spacial score (nSPS) is 11.7. The number of carbonyl (C=O) groups is 2. The molecule has 3 amide bonds. The fourth-order valence-corrected chi connectivity index (χ4v) is 4.27. The molecule has 0 aromatic carbocycles. The molecule has 0 saturated heterocycles. The van der Waals surface area contributed by atoms with Crippen LogP contribution in [0.25, 0.3) is 0 Å². The van der Waals surface area contributed by atoms with Gasteiger partial charge in [-0.2, -0.15) is 0 Å². The highest BCUT2D eigenvalue weighted by atomic mass is 16.6. The summed E-state index contributed by atoms with van der Waals surface area (Å²) >= 11 is 0. The van der Waals surface area contributed by atoms with Gasteiger partial charge in [0.25, 0.3) is 0 Å². The van der Waals surface area contributed by atoms with E-state index in [1.54, 1.807) is 6.20 Å². The molecular weight excluding hydrogens is 480 g/mol. The standard InChI is InChI=1S/C30H54N4O4/c1-4-5-6-7-8-9-10-11-12-13-14-15-16-17-18-19-22-32-30(36)38-25-27(37-3)24-33-29(35)34-28-26(2)21-20-23-31-28/h20-21,23,27H,4-19,22,24-25H2,1-3H3,(H,32,36)(H2,31,33,34,35). The fourth-order valence-electron chi connectivity index (χ4n) is 4.27. The number of alkyl carbamates (subject to hydrolysis) is 1. The fraction of sp³-hybridized carbons (Fsp3) is 0.767. The number of carbonyl (C=O) groups excluding carboxylic acids is 2. The summed E-state index contributed by atoms with van der Waals surface area (Å²) in [5, 5.41) is 8.19. The summed E-state index contributed by atoms with van der Waals surface area (Å²) in [6, 6.07) is 3.29. The maximum absolute atomic E-state index is 12.1. The van der Waals surface area contributed by atoms with Crippen LogP contribution in [0.3, 0.4) is 0 Å². The third kappa shape index (κ3) is 18.8. The van der Waals surface area contributed by atoms with Crippen LogP contribution in [0.5, 0.6) is 0 Å². The van der Waals surface area contributed by atoms with E-state index in [9.17, 15) is 9.59 Å². The van der Waals surface area contributed by atoms with E-state index in [-0.39, 0.29) is 19.2 Å². The lowest BCUT2D eigenvalue weighted by Crippen LogP contribution is -2.39. The molecule has 1 aromatic heterocycles. The zero-order valence-corrected chi connectivity index (χ0v) is 24.3. The summed E-state index contributed by atoms with van der Waals surface area (Å²) in [6.45, 7) is 5.02. The number of hydrogen-bond acceptors (Lipinski definition) is 5. The molecule has 1 heterocycles. The quantitative estimate of drug-likeness (QED) is 0.126. The number of methoxy groups -OCH3 is 1. The van der Waals surface area contributed by atoms with Crippen molar-refractivity contribution in [3.05, 3.63) is 23.9 Å². The molecule has 0 fully saturated rings. The van der Waals surface area contributed by atoms with Crippen molar-refractivity contribution in [2.45, 2.75) is 123 Å². The summed E-state index contributed by atoms with van der Waals surface area (Å²) in [5.41, 5.74) is 0.871. The Morgan fingerprint density at radius 1 is 0.842 bits per heavy atom. The van der Waals surface area contributed by atoms with Crippen molar-refractivity contribution in [1.29, 1.82) is 0 Å². The number of amides is 3. The first-order chi connectivity index (χ1) is 18.6. The van der Waals surface area contributed by atoms with Crippen LogP contribution in [0, 0.1) is 6.92 Å². The molecule has 1 atom stereocenters. The lowest BCUT2D eigenvalue weighted by molar-refractivity contribution is 0.0372. The van der Waals surface area contributed by atoms with Crippen molar-refractivity contribution >= 4 is 17.9 Å². The van der Waals surface area contributed by atoms with Gasteiger partial charge in [0.2, 0.25) is 0 Å². The van der Waals surface area contributed by atoms with E-state index in [0.29, 0.717) is 12.4 Å². The SMILES string of the molecule is CCCCCCCCCCCCCCCCCCNC(=O)OCC(CNC(=O)Nc1ncccc1C)OC. The first-order valence-electron chi connectivity index (χ1n) is 15.0. The smallest absolute Gasteiger partial charge is 0.407 e. The van der Waals surface area contributed by atoms with E-state index in [4.69, 9.17) is 9.47 Å². The van der Waals surface area contributed by atoms with Gasteiger partial charge in [0.1, 0.15) is 18.5 Å². The average Bonchev–Trinajstić information content (AvgIpc) is 2.91. The van der Waals surface area contributed by atoms with Crippen molar-refractivity contribution < 1.29 is 19.1 Å². The van der Waals surface area contributed by atoms with Gasteiger partial charge in [-0.3, -0.25) is 5.32 Å². The zero-order chi connectivity index (χ0) is 27.7. The van der Waals surface area contributed by atoms with Gasteiger partial charge in [0, 0.05) is 26.4 Å². The number of pyridine rings is 1. The largest absolute Gasteiger partial charge is 0.447 e. The second kappa shape index (κ2) is 23.7. The highest BCUT2D eigenvalue weighted by Crippen LogP contribution is 2.13. The molecule has 3 N–H and O–H groups in total. The van der Waals surface area contributed by atoms with Crippen LogP contribution in [0.15, 0.2) is 18.3 Å². The van der Waals surface area contributed by atoms with Gasteiger partial charge in [-0.25, -0.2) is 14.6 Å². The molecule has 0 aliphatic carbocycles.